The Hall–Kier alpha value is -0.150. The fourth-order valence-electron chi connectivity index (χ4n) is 0.685. The molecule has 0 nitrogen and oxygen atoms in total. The van der Waals surface area contributed by atoms with Crippen molar-refractivity contribution in [3.63, 3.8) is 0 Å². The molecule has 4 heteroatoms. The Morgan fingerprint density at radius 2 is 2.00 bits per heavy atom. The van der Waals surface area contributed by atoms with Gasteiger partial charge in [-0.3, -0.25) is 0 Å². The van der Waals surface area contributed by atoms with Crippen molar-refractivity contribution < 1.29 is 8.78 Å². The largest absolute Gasteiger partial charge is 0.204 e. The van der Waals surface area contributed by atoms with E-state index in [2.05, 4.69) is 15.9 Å². The molecule has 0 aliphatic rings. The highest BCUT2D eigenvalue weighted by atomic mass is 79.9. The van der Waals surface area contributed by atoms with E-state index in [0.29, 0.717) is 5.56 Å². The van der Waals surface area contributed by atoms with Crippen LogP contribution in [0.15, 0.2) is 16.6 Å². The molecule has 0 radical (unpaired) electrons. The van der Waals surface area contributed by atoms with Crippen molar-refractivity contribution in [3.8, 4) is 0 Å². The Morgan fingerprint density at radius 3 is 2.45 bits per heavy atom. The fraction of sp³-hybridized carbons (Fsp3) is 0.143. The van der Waals surface area contributed by atoms with Gasteiger partial charge in [0.1, 0.15) is 0 Å². The van der Waals surface area contributed by atoms with E-state index in [4.69, 9.17) is 11.6 Å². The van der Waals surface area contributed by atoms with Gasteiger partial charge in [0.15, 0.2) is 11.6 Å². The average Bonchev–Trinajstić information content (AvgIpc) is 1.99. The molecular weight excluding hydrogens is 237 g/mol. The van der Waals surface area contributed by atoms with E-state index in [0.717, 1.165) is 6.07 Å². The zero-order valence-corrected chi connectivity index (χ0v) is 7.72. The van der Waals surface area contributed by atoms with Gasteiger partial charge in [0.05, 0.1) is 4.47 Å². The standard InChI is InChI=1S/C7H4BrClF2/c8-5-1-4(3-9)2-6(10)7(5)11/h1-2H,3H2. The quantitative estimate of drug-likeness (QED) is 0.522. The van der Waals surface area contributed by atoms with Gasteiger partial charge in [0.2, 0.25) is 0 Å². The molecule has 0 aromatic heterocycles. The predicted octanol–water partition coefficient (Wildman–Crippen LogP) is 3.47. The molecule has 0 aliphatic carbocycles. The molecule has 0 amide bonds. The molecule has 0 spiro atoms. The maximum absolute atomic E-state index is 12.6. The Labute approximate surface area is 76.3 Å². The van der Waals surface area contributed by atoms with E-state index < -0.39 is 11.6 Å². The van der Waals surface area contributed by atoms with Crippen molar-refractivity contribution in [2.45, 2.75) is 5.88 Å². The topological polar surface area (TPSA) is 0 Å². The Balaban J connectivity index is 3.21. The van der Waals surface area contributed by atoms with E-state index in [1.54, 1.807) is 0 Å². The molecule has 0 heterocycles. The number of rotatable bonds is 1. The number of alkyl halides is 1. The first kappa shape index (κ1) is 8.94. The second kappa shape index (κ2) is 3.50. The Bertz CT molecular complexity index is 252. The zero-order chi connectivity index (χ0) is 8.43. The van der Waals surface area contributed by atoms with E-state index in [9.17, 15) is 8.78 Å². The normalized spacial score (nSPS) is 10.2. The summed E-state index contributed by atoms with van der Waals surface area (Å²) in [6.07, 6.45) is 0. The molecule has 1 aromatic rings. The molecular formula is C7H4BrClF2. The van der Waals surface area contributed by atoms with Crippen LogP contribution in [0.4, 0.5) is 8.78 Å². The molecule has 0 aliphatic heterocycles. The van der Waals surface area contributed by atoms with Crippen LogP contribution in [0.3, 0.4) is 0 Å². The van der Waals surface area contributed by atoms with E-state index in [-0.39, 0.29) is 10.4 Å². The second-order valence-electron chi connectivity index (χ2n) is 2.01. The minimum absolute atomic E-state index is 0.105. The van der Waals surface area contributed by atoms with Crippen LogP contribution < -0.4 is 0 Å². The van der Waals surface area contributed by atoms with Gasteiger partial charge in [0, 0.05) is 5.88 Å². The molecule has 0 unspecified atom stereocenters. The molecule has 1 aromatic carbocycles. The lowest BCUT2D eigenvalue weighted by atomic mass is 10.2. The van der Waals surface area contributed by atoms with Crippen LogP contribution >= 0.6 is 27.5 Å². The lowest BCUT2D eigenvalue weighted by Gasteiger charge is -1.99. The number of hydrogen-bond donors (Lipinski definition) is 0. The van der Waals surface area contributed by atoms with Gasteiger partial charge in [-0.05, 0) is 33.6 Å². The number of benzene rings is 1. The second-order valence-corrected chi connectivity index (χ2v) is 3.13. The van der Waals surface area contributed by atoms with Crippen molar-refractivity contribution in [1.29, 1.82) is 0 Å². The lowest BCUT2D eigenvalue weighted by molar-refractivity contribution is 0.503. The molecule has 1 rings (SSSR count). The first-order valence-corrected chi connectivity index (χ1v) is 4.17. The van der Waals surface area contributed by atoms with Gasteiger partial charge in [-0.1, -0.05) is 0 Å². The van der Waals surface area contributed by atoms with Crippen molar-refractivity contribution in [1.82, 2.24) is 0 Å². The third-order valence-electron chi connectivity index (χ3n) is 1.20. The van der Waals surface area contributed by atoms with Crippen LogP contribution in [0, 0.1) is 11.6 Å². The third-order valence-corrected chi connectivity index (χ3v) is 2.08. The van der Waals surface area contributed by atoms with Gasteiger partial charge in [-0.2, -0.15) is 0 Å². The van der Waals surface area contributed by atoms with Crippen LogP contribution in [-0.4, -0.2) is 0 Å². The van der Waals surface area contributed by atoms with Gasteiger partial charge in [-0.25, -0.2) is 8.78 Å². The Morgan fingerprint density at radius 1 is 1.36 bits per heavy atom. The van der Waals surface area contributed by atoms with Crippen molar-refractivity contribution in [2.75, 3.05) is 0 Å². The summed E-state index contributed by atoms with van der Waals surface area (Å²) in [5, 5.41) is 0. The first-order chi connectivity index (χ1) is 5.15. The molecule has 0 atom stereocenters. The van der Waals surface area contributed by atoms with Gasteiger partial charge < -0.3 is 0 Å². The fourth-order valence-corrected chi connectivity index (χ4v) is 1.32. The summed E-state index contributed by atoms with van der Waals surface area (Å²) in [6, 6.07) is 2.53. The smallest absolute Gasteiger partial charge is 0.172 e. The summed E-state index contributed by atoms with van der Waals surface area (Å²) in [6.45, 7) is 0. The molecule has 0 saturated heterocycles. The van der Waals surface area contributed by atoms with Gasteiger partial charge >= 0.3 is 0 Å². The van der Waals surface area contributed by atoms with E-state index >= 15 is 0 Å². The highest BCUT2D eigenvalue weighted by molar-refractivity contribution is 9.10. The van der Waals surface area contributed by atoms with Crippen LogP contribution in [0.2, 0.25) is 0 Å². The molecule has 0 bridgehead atoms. The van der Waals surface area contributed by atoms with E-state index in [1.165, 1.54) is 6.07 Å². The average molecular weight is 241 g/mol. The number of hydrogen-bond acceptors (Lipinski definition) is 0. The van der Waals surface area contributed by atoms with Crippen molar-refractivity contribution >= 4 is 27.5 Å². The van der Waals surface area contributed by atoms with E-state index in [1.807, 2.05) is 0 Å². The summed E-state index contributed by atoms with van der Waals surface area (Å²) in [5.74, 6) is -1.58. The summed E-state index contributed by atoms with van der Waals surface area (Å²) in [4.78, 5) is 0. The van der Waals surface area contributed by atoms with Crippen LogP contribution in [-0.2, 0) is 5.88 Å². The van der Waals surface area contributed by atoms with Crippen molar-refractivity contribution in [2.24, 2.45) is 0 Å². The predicted molar refractivity (Wildman–Crippen MR) is 43.6 cm³/mol. The van der Waals surface area contributed by atoms with Crippen LogP contribution in [0.1, 0.15) is 5.56 Å². The summed E-state index contributed by atoms with van der Waals surface area (Å²) in [7, 11) is 0. The minimum atomic E-state index is -0.880. The highest BCUT2D eigenvalue weighted by Crippen LogP contribution is 2.20. The summed E-state index contributed by atoms with van der Waals surface area (Å²) < 4.78 is 25.3. The van der Waals surface area contributed by atoms with Gasteiger partial charge in [0.25, 0.3) is 0 Å². The van der Waals surface area contributed by atoms with Gasteiger partial charge in [-0.15, -0.1) is 11.6 Å². The van der Waals surface area contributed by atoms with Crippen LogP contribution in [0.5, 0.6) is 0 Å². The molecule has 11 heavy (non-hydrogen) atoms. The molecule has 60 valence electrons. The SMILES string of the molecule is Fc1cc(CCl)cc(Br)c1F. The molecule has 0 fully saturated rings. The Kier molecular flexibility index (Phi) is 2.84. The minimum Gasteiger partial charge on any atom is -0.204 e. The van der Waals surface area contributed by atoms with Crippen LogP contribution in [0.25, 0.3) is 0 Å². The zero-order valence-electron chi connectivity index (χ0n) is 5.37. The monoisotopic (exact) mass is 240 g/mol. The highest BCUT2D eigenvalue weighted by Gasteiger charge is 2.07. The summed E-state index contributed by atoms with van der Waals surface area (Å²) in [5.41, 5.74) is 0.553. The maximum atomic E-state index is 12.6. The number of halogens is 4. The molecule has 0 saturated carbocycles. The van der Waals surface area contributed by atoms with Crippen molar-refractivity contribution in [3.05, 3.63) is 33.8 Å². The summed E-state index contributed by atoms with van der Waals surface area (Å²) >= 11 is 8.28. The lowest BCUT2D eigenvalue weighted by Crippen LogP contribution is -1.88. The first-order valence-electron chi connectivity index (χ1n) is 2.84. The third kappa shape index (κ3) is 1.91. The molecule has 0 N–H and O–H groups in total. The maximum Gasteiger partial charge on any atom is 0.172 e.